The van der Waals surface area contributed by atoms with Gasteiger partial charge in [0.1, 0.15) is 5.82 Å². The zero-order valence-corrected chi connectivity index (χ0v) is 20.5. The third-order valence-corrected chi connectivity index (χ3v) is 6.98. The molecule has 1 fully saturated rings. The van der Waals surface area contributed by atoms with Crippen LogP contribution in [-0.4, -0.2) is 42.9 Å². The fourth-order valence-electron chi connectivity index (χ4n) is 3.93. The highest BCUT2D eigenvalue weighted by Gasteiger charge is 2.24. The minimum atomic E-state index is -0.307. The number of aryl methyl sites for hydroxylation is 1. The van der Waals surface area contributed by atoms with Gasteiger partial charge in [0.25, 0.3) is 5.91 Å². The third kappa shape index (κ3) is 5.72. The molecule has 1 saturated heterocycles. The van der Waals surface area contributed by atoms with Crippen LogP contribution in [0.15, 0.2) is 70.5 Å². The molecule has 3 aromatic carbocycles. The van der Waals surface area contributed by atoms with Crippen molar-refractivity contribution in [2.75, 3.05) is 36.4 Å². The van der Waals surface area contributed by atoms with Crippen molar-refractivity contribution in [2.24, 2.45) is 0 Å². The molecule has 0 atom stereocenters. The number of anilines is 2. The number of rotatable bonds is 5. The number of piperazine rings is 1. The van der Waals surface area contributed by atoms with E-state index in [9.17, 15) is 14.0 Å². The Kier molecular flexibility index (Phi) is 7.44. The Bertz CT molecular complexity index is 1210. The van der Waals surface area contributed by atoms with Gasteiger partial charge in [-0.25, -0.2) is 4.39 Å². The number of hydrogen-bond donors (Lipinski definition) is 1. The van der Waals surface area contributed by atoms with Gasteiger partial charge in [0.05, 0.1) is 5.69 Å². The van der Waals surface area contributed by atoms with E-state index < -0.39 is 0 Å². The van der Waals surface area contributed by atoms with Crippen molar-refractivity contribution in [3.8, 4) is 0 Å². The van der Waals surface area contributed by atoms with E-state index in [0.717, 1.165) is 21.0 Å². The van der Waals surface area contributed by atoms with Crippen LogP contribution in [0.25, 0.3) is 0 Å². The number of carbonyl (C=O) groups is 2. The summed E-state index contributed by atoms with van der Waals surface area (Å²) in [6, 6.07) is 17.3. The highest BCUT2D eigenvalue weighted by molar-refractivity contribution is 7.99. The number of carbonyl (C=O) groups excluding carboxylic acids is 2. The molecule has 0 saturated carbocycles. The van der Waals surface area contributed by atoms with Crippen molar-refractivity contribution < 1.29 is 14.0 Å². The van der Waals surface area contributed by atoms with Crippen LogP contribution in [0.4, 0.5) is 15.8 Å². The van der Waals surface area contributed by atoms with E-state index in [2.05, 4.69) is 17.1 Å². The highest BCUT2D eigenvalue weighted by atomic mass is 35.5. The Hall–Kier alpha value is -3.03. The summed E-state index contributed by atoms with van der Waals surface area (Å²) in [6.45, 7) is 6.09. The number of hydrogen-bond acceptors (Lipinski definition) is 4. The molecule has 0 aromatic heterocycles. The molecule has 176 valence electrons. The molecule has 0 radical (unpaired) electrons. The summed E-state index contributed by atoms with van der Waals surface area (Å²) < 4.78 is 13.2. The van der Waals surface area contributed by atoms with Gasteiger partial charge in [0, 0.05) is 59.2 Å². The van der Waals surface area contributed by atoms with Crippen molar-refractivity contribution in [3.05, 3.63) is 82.6 Å². The lowest BCUT2D eigenvalue weighted by molar-refractivity contribution is -0.114. The second-order valence-electron chi connectivity index (χ2n) is 8.16. The summed E-state index contributed by atoms with van der Waals surface area (Å²) in [5, 5.41) is 3.52. The highest BCUT2D eigenvalue weighted by Crippen LogP contribution is 2.35. The van der Waals surface area contributed by atoms with Gasteiger partial charge in [-0.15, -0.1) is 0 Å². The van der Waals surface area contributed by atoms with Crippen molar-refractivity contribution in [1.29, 1.82) is 0 Å². The average Bonchev–Trinajstić information content (AvgIpc) is 2.82. The molecule has 0 spiro atoms. The molecule has 5 nitrogen and oxygen atoms in total. The topological polar surface area (TPSA) is 52.7 Å². The Labute approximate surface area is 207 Å². The zero-order chi connectivity index (χ0) is 24.2. The molecule has 0 unspecified atom stereocenters. The Morgan fingerprint density at radius 2 is 1.68 bits per heavy atom. The van der Waals surface area contributed by atoms with Gasteiger partial charge in [-0.1, -0.05) is 29.4 Å². The SMILES string of the molecule is CC(=O)Nc1cc(C(=O)N2CCN(c3cc(Cl)ccc3C)CC2)ccc1Sc1ccc(F)cc1. The van der Waals surface area contributed by atoms with Crippen molar-refractivity contribution in [1.82, 2.24) is 4.90 Å². The van der Waals surface area contributed by atoms with Gasteiger partial charge in [0.2, 0.25) is 5.91 Å². The van der Waals surface area contributed by atoms with Gasteiger partial charge in [-0.3, -0.25) is 9.59 Å². The first-order valence-electron chi connectivity index (χ1n) is 11.0. The molecule has 1 aliphatic heterocycles. The van der Waals surface area contributed by atoms with E-state index in [1.54, 1.807) is 24.3 Å². The standard InChI is InChI=1S/C26H25ClFN3O2S/c1-17-3-5-20(27)16-24(17)30-11-13-31(14-12-30)26(33)19-4-10-25(23(15-19)29-18(2)32)34-22-8-6-21(28)7-9-22/h3-10,15-16H,11-14H2,1-2H3,(H,29,32). The van der Waals surface area contributed by atoms with Crippen LogP contribution in [0, 0.1) is 12.7 Å². The monoisotopic (exact) mass is 497 g/mol. The second-order valence-corrected chi connectivity index (χ2v) is 9.71. The van der Waals surface area contributed by atoms with Crippen LogP contribution in [0.1, 0.15) is 22.8 Å². The molecular formula is C26H25ClFN3O2S. The van der Waals surface area contributed by atoms with E-state index >= 15 is 0 Å². The second kappa shape index (κ2) is 10.5. The van der Waals surface area contributed by atoms with Gasteiger partial charge in [-0.05, 0) is 67.1 Å². The molecule has 4 rings (SSSR count). The van der Waals surface area contributed by atoms with Gasteiger partial charge >= 0.3 is 0 Å². The predicted octanol–water partition coefficient (Wildman–Crippen LogP) is 5.86. The number of nitrogens with zero attached hydrogens (tertiary/aromatic N) is 2. The van der Waals surface area contributed by atoms with Crippen LogP contribution < -0.4 is 10.2 Å². The van der Waals surface area contributed by atoms with Crippen LogP contribution in [0.5, 0.6) is 0 Å². The number of nitrogens with one attached hydrogen (secondary N) is 1. The smallest absolute Gasteiger partial charge is 0.254 e. The Morgan fingerprint density at radius 3 is 2.35 bits per heavy atom. The number of halogens is 2. The maximum Gasteiger partial charge on any atom is 0.254 e. The van der Waals surface area contributed by atoms with Gasteiger partial charge in [-0.2, -0.15) is 0 Å². The van der Waals surface area contributed by atoms with Crippen molar-refractivity contribution in [3.63, 3.8) is 0 Å². The maximum absolute atomic E-state index is 13.2. The predicted molar refractivity (Wildman–Crippen MR) is 136 cm³/mol. The van der Waals surface area contributed by atoms with E-state index in [-0.39, 0.29) is 17.6 Å². The lowest BCUT2D eigenvalue weighted by Crippen LogP contribution is -2.49. The van der Waals surface area contributed by atoms with E-state index in [4.69, 9.17) is 11.6 Å². The van der Waals surface area contributed by atoms with Gasteiger partial charge < -0.3 is 15.1 Å². The average molecular weight is 498 g/mol. The van der Waals surface area contributed by atoms with E-state index in [1.807, 2.05) is 29.2 Å². The van der Waals surface area contributed by atoms with Gasteiger partial charge in [0.15, 0.2) is 0 Å². The molecule has 1 N–H and O–H groups in total. The van der Waals surface area contributed by atoms with Crippen LogP contribution >= 0.6 is 23.4 Å². The maximum atomic E-state index is 13.2. The summed E-state index contributed by atoms with van der Waals surface area (Å²) in [5.74, 6) is -0.610. The molecular weight excluding hydrogens is 473 g/mol. The Balaban J connectivity index is 1.49. The summed E-state index contributed by atoms with van der Waals surface area (Å²) in [7, 11) is 0. The third-order valence-electron chi connectivity index (χ3n) is 5.66. The zero-order valence-electron chi connectivity index (χ0n) is 19.0. The Morgan fingerprint density at radius 1 is 0.971 bits per heavy atom. The molecule has 8 heteroatoms. The normalized spacial score (nSPS) is 13.6. The first-order chi connectivity index (χ1) is 16.3. The van der Waals surface area contributed by atoms with Crippen molar-refractivity contribution >= 4 is 46.6 Å². The lowest BCUT2D eigenvalue weighted by Gasteiger charge is -2.37. The minimum Gasteiger partial charge on any atom is -0.368 e. The van der Waals surface area contributed by atoms with Crippen LogP contribution in [0.3, 0.4) is 0 Å². The molecule has 34 heavy (non-hydrogen) atoms. The molecule has 1 aliphatic rings. The molecule has 0 bridgehead atoms. The van der Waals surface area contributed by atoms with E-state index in [1.165, 1.54) is 30.8 Å². The lowest BCUT2D eigenvalue weighted by atomic mass is 10.1. The number of amides is 2. The van der Waals surface area contributed by atoms with E-state index in [0.29, 0.717) is 42.5 Å². The summed E-state index contributed by atoms with van der Waals surface area (Å²) in [6.07, 6.45) is 0. The largest absolute Gasteiger partial charge is 0.368 e. The quantitative estimate of drug-likeness (QED) is 0.479. The van der Waals surface area contributed by atoms with Crippen molar-refractivity contribution in [2.45, 2.75) is 23.6 Å². The summed E-state index contributed by atoms with van der Waals surface area (Å²) >= 11 is 7.57. The van der Waals surface area contributed by atoms with Crippen LogP contribution in [-0.2, 0) is 4.79 Å². The molecule has 2 amide bonds. The first-order valence-corrected chi connectivity index (χ1v) is 12.1. The minimum absolute atomic E-state index is 0.0765. The molecule has 0 aliphatic carbocycles. The summed E-state index contributed by atoms with van der Waals surface area (Å²) in [5.41, 5.74) is 3.31. The molecule has 1 heterocycles. The van der Waals surface area contributed by atoms with Crippen LogP contribution in [0.2, 0.25) is 5.02 Å². The fourth-order valence-corrected chi connectivity index (χ4v) is 4.97. The fraction of sp³-hybridized carbons (Fsp3) is 0.231. The molecule has 3 aromatic rings. The summed E-state index contributed by atoms with van der Waals surface area (Å²) in [4.78, 5) is 30.7. The first kappa shape index (κ1) is 24.1. The number of benzene rings is 3.